The van der Waals surface area contributed by atoms with Gasteiger partial charge in [-0.05, 0) is 36.6 Å². The summed E-state index contributed by atoms with van der Waals surface area (Å²) in [5.74, 6) is 0. The first kappa shape index (κ1) is 14.5. The molecule has 0 spiro atoms. The van der Waals surface area contributed by atoms with Gasteiger partial charge >= 0.3 is 0 Å². The maximum Gasteiger partial charge on any atom is 0.293 e. The predicted octanol–water partition coefficient (Wildman–Crippen LogP) is 4.32. The highest BCUT2D eigenvalue weighted by atomic mass is 79.9. The first-order chi connectivity index (χ1) is 9.58. The molecule has 0 fully saturated rings. The second kappa shape index (κ2) is 6.52. The van der Waals surface area contributed by atoms with Crippen LogP contribution in [0.15, 0.2) is 46.9 Å². The lowest BCUT2D eigenvalue weighted by molar-refractivity contribution is -0.384. The first-order valence-electron chi connectivity index (χ1n) is 6.30. The molecule has 0 saturated carbocycles. The topological polar surface area (TPSA) is 55.2 Å². The number of halogens is 1. The molecule has 0 bridgehead atoms. The largest absolute Gasteiger partial charge is 0.379 e. The summed E-state index contributed by atoms with van der Waals surface area (Å²) in [4.78, 5) is 10.6. The molecule has 2 aromatic rings. The fourth-order valence-electron chi connectivity index (χ4n) is 2.03. The van der Waals surface area contributed by atoms with Gasteiger partial charge in [0, 0.05) is 17.1 Å². The van der Waals surface area contributed by atoms with E-state index in [0.717, 1.165) is 6.42 Å². The fraction of sp³-hybridized carbons (Fsp3) is 0.200. The van der Waals surface area contributed by atoms with Gasteiger partial charge < -0.3 is 5.32 Å². The van der Waals surface area contributed by atoms with Gasteiger partial charge in [-0.2, -0.15) is 0 Å². The molecular formula is C15H15BrN2O2. The van der Waals surface area contributed by atoms with Crippen LogP contribution >= 0.6 is 15.9 Å². The Kier molecular flexibility index (Phi) is 4.74. The molecule has 104 valence electrons. The molecule has 0 radical (unpaired) electrons. The number of rotatable bonds is 5. The molecule has 2 aromatic carbocycles. The summed E-state index contributed by atoms with van der Waals surface area (Å²) in [5.41, 5.74) is 3.12. The van der Waals surface area contributed by atoms with Gasteiger partial charge in [-0.3, -0.25) is 10.1 Å². The van der Waals surface area contributed by atoms with E-state index in [1.165, 1.54) is 17.2 Å². The predicted molar refractivity (Wildman–Crippen MR) is 84.2 cm³/mol. The Hall–Kier alpha value is -1.88. The monoisotopic (exact) mass is 334 g/mol. The zero-order valence-electron chi connectivity index (χ0n) is 11.1. The summed E-state index contributed by atoms with van der Waals surface area (Å²) in [6.07, 6.45) is 0.833. The van der Waals surface area contributed by atoms with Gasteiger partial charge in [0.25, 0.3) is 5.69 Å². The van der Waals surface area contributed by atoms with E-state index in [0.29, 0.717) is 16.7 Å². The molecule has 0 heterocycles. The Morgan fingerprint density at radius 3 is 2.70 bits per heavy atom. The van der Waals surface area contributed by atoms with E-state index in [-0.39, 0.29) is 10.6 Å². The van der Waals surface area contributed by atoms with Crippen molar-refractivity contribution in [3.05, 3.63) is 68.2 Å². The van der Waals surface area contributed by atoms with Gasteiger partial charge in [0.15, 0.2) is 0 Å². The number of hydrogen-bond donors (Lipinski definition) is 1. The Balaban J connectivity index is 2.05. The van der Waals surface area contributed by atoms with E-state index in [4.69, 9.17) is 0 Å². The van der Waals surface area contributed by atoms with Crippen molar-refractivity contribution < 1.29 is 4.92 Å². The van der Waals surface area contributed by atoms with E-state index in [2.05, 4.69) is 40.3 Å². The summed E-state index contributed by atoms with van der Waals surface area (Å²) in [5, 5.41) is 14.1. The third-order valence-corrected chi connectivity index (χ3v) is 3.62. The van der Waals surface area contributed by atoms with Crippen LogP contribution in [0.4, 0.5) is 11.4 Å². The lowest BCUT2D eigenvalue weighted by atomic mass is 10.1. The highest BCUT2D eigenvalue weighted by Gasteiger charge is 2.13. The Bertz CT molecular complexity index is 629. The average molecular weight is 335 g/mol. The second-order valence-corrected chi connectivity index (χ2v) is 5.44. The Labute approximate surface area is 126 Å². The molecule has 0 unspecified atom stereocenters. The molecule has 5 heteroatoms. The summed E-state index contributed by atoms with van der Waals surface area (Å²) in [7, 11) is 0. The lowest BCUT2D eigenvalue weighted by Gasteiger charge is -2.09. The molecule has 20 heavy (non-hydrogen) atoms. The van der Waals surface area contributed by atoms with Crippen molar-refractivity contribution in [1.82, 2.24) is 0 Å². The highest BCUT2D eigenvalue weighted by Crippen LogP contribution is 2.27. The number of nitrogens with one attached hydrogen (secondary N) is 1. The molecule has 0 amide bonds. The van der Waals surface area contributed by atoms with Gasteiger partial charge in [0.1, 0.15) is 5.69 Å². The smallest absolute Gasteiger partial charge is 0.293 e. The number of aryl methyl sites for hydroxylation is 1. The number of hydrogen-bond acceptors (Lipinski definition) is 3. The molecule has 0 saturated heterocycles. The quantitative estimate of drug-likeness (QED) is 0.654. The molecule has 1 N–H and O–H groups in total. The SMILES string of the molecule is Cc1ccccc1CCNc1ccc(Br)cc1[N+](=O)[O-]. The summed E-state index contributed by atoms with van der Waals surface area (Å²) in [6, 6.07) is 13.2. The molecule has 4 nitrogen and oxygen atoms in total. The van der Waals surface area contributed by atoms with Gasteiger partial charge in [-0.25, -0.2) is 0 Å². The number of nitro benzene ring substituents is 1. The van der Waals surface area contributed by atoms with Gasteiger partial charge in [0.2, 0.25) is 0 Å². The van der Waals surface area contributed by atoms with Crippen molar-refractivity contribution in [3.8, 4) is 0 Å². The van der Waals surface area contributed by atoms with Crippen molar-refractivity contribution in [2.75, 3.05) is 11.9 Å². The zero-order chi connectivity index (χ0) is 14.5. The molecule has 2 rings (SSSR count). The zero-order valence-corrected chi connectivity index (χ0v) is 12.7. The standard InChI is InChI=1S/C15H15BrN2O2/c1-11-4-2-3-5-12(11)8-9-17-14-7-6-13(16)10-15(14)18(19)20/h2-7,10,17H,8-9H2,1H3. The minimum atomic E-state index is -0.374. The van der Waals surface area contributed by atoms with Crippen LogP contribution in [0.5, 0.6) is 0 Å². The van der Waals surface area contributed by atoms with E-state index in [1.807, 2.05) is 12.1 Å². The van der Waals surface area contributed by atoms with Crippen LogP contribution in [0.3, 0.4) is 0 Å². The fourth-order valence-corrected chi connectivity index (χ4v) is 2.38. The van der Waals surface area contributed by atoms with Crippen LogP contribution in [0.1, 0.15) is 11.1 Å². The van der Waals surface area contributed by atoms with Crippen LogP contribution in [-0.2, 0) is 6.42 Å². The van der Waals surface area contributed by atoms with E-state index < -0.39 is 0 Å². The molecular weight excluding hydrogens is 320 g/mol. The molecule has 0 aliphatic rings. The van der Waals surface area contributed by atoms with Crippen molar-refractivity contribution in [2.24, 2.45) is 0 Å². The second-order valence-electron chi connectivity index (χ2n) is 4.52. The number of benzene rings is 2. The molecule has 0 aromatic heterocycles. The maximum absolute atomic E-state index is 11.0. The van der Waals surface area contributed by atoms with Crippen LogP contribution in [-0.4, -0.2) is 11.5 Å². The minimum absolute atomic E-state index is 0.0872. The number of nitrogens with zero attached hydrogens (tertiary/aromatic N) is 1. The van der Waals surface area contributed by atoms with Crippen molar-refractivity contribution in [1.29, 1.82) is 0 Å². The van der Waals surface area contributed by atoms with Gasteiger partial charge in [0.05, 0.1) is 4.92 Å². The van der Waals surface area contributed by atoms with Gasteiger partial charge in [-0.15, -0.1) is 0 Å². The summed E-state index contributed by atoms with van der Waals surface area (Å²) >= 11 is 3.25. The third kappa shape index (κ3) is 3.57. The first-order valence-corrected chi connectivity index (χ1v) is 7.09. The Morgan fingerprint density at radius 1 is 1.25 bits per heavy atom. The van der Waals surface area contributed by atoms with Crippen LogP contribution in [0.2, 0.25) is 0 Å². The summed E-state index contributed by atoms with van der Waals surface area (Å²) < 4.78 is 0.702. The summed E-state index contributed by atoms with van der Waals surface area (Å²) in [6.45, 7) is 2.73. The normalized spacial score (nSPS) is 10.3. The van der Waals surface area contributed by atoms with E-state index >= 15 is 0 Å². The highest BCUT2D eigenvalue weighted by molar-refractivity contribution is 9.10. The van der Waals surface area contributed by atoms with E-state index in [1.54, 1.807) is 12.1 Å². The Morgan fingerprint density at radius 2 is 2.00 bits per heavy atom. The van der Waals surface area contributed by atoms with Crippen molar-refractivity contribution in [3.63, 3.8) is 0 Å². The number of nitro groups is 1. The third-order valence-electron chi connectivity index (χ3n) is 3.13. The van der Waals surface area contributed by atoms with Crippen LogP contribution in [0.25, 0.3) is 0 Å². The van der Waals surface area contributed by atoms with E-state index in [9.17, 15) is 10.1 Å². The van der Waals surface area contributed by atoms with Crippen LogP contribution in [0, 0.1) is 17.0 Å². The minimum Gasteiger partial charge on any atom is -0.379 e. The van der Waals surface area contributed by atoms with Crippen molar-refractivity contribution >= 4 is 27.3 Å². The average Bonchev–Trinajstić information content (AvgIpc) is 2.42. The number of anilines is 1. The van der Waals surface area contributed by atoms with Crippen LogP contribution < -0.4 is 5.32 Å². The maximum atomic E-state index is 11.0. The molecule has 0 aliphatic heterocycles. The van der Waals surface area contributed by atoms with Gasteiger partial charge in [-0.1, -0.05) is 40.2 Å². The lowest BCUT2D eigenvalue weighted by Crippen LogP contribution is -2.07. The molecule has 0 aliphatic carbocycles. The molecule has 0 atom stereocenters. The van der Waals surface area contributed by atoms with Crippen molar-refractivity contribution in [2.45, 2.75) is 13.3 Å².